The molecule has 0 saturated carbocycles. The lowest BCUT2D eigenvalue weighted by Crippen LogP contribution is -2.17. The Labute approximate surface area is 121 Å². The molecule has 0 aliphatic rings. The number of benzene rings is 1. The van der Waals surface area contributed by atoms with Crippen molar-refractivity contribution in [2.75, 3.05) is 5.75 Å². The zero-order chi connectivity index (χ0) is 14.6. The molecular weight excluding hydrogens is 294 g/mol. The molecule has 20 heavy (non-hydrogen) atoms. The Bertz CT molecular complexity index is 739. The van der Waals surface area contributed by atoms with E-state index in [9.17, 15) is 13.2 Å². The first-order valence-corrected chi connectivity index (χ1v) is 8.46. The molecule has 1 aromatic heterocycles. The lowest BCUT2D eigenvalue weighted by molar-refractivity contribution is 0.102. The number of rotatable bonds is 5. The summed E-state index contributed by atoms with van der Waals surface area (Å²) in [6, 6.07) is 11.6. The first-order valence-electron chi connectivity index (χ1n) is 5.76. The van der Waals surface area contributed by atoms with Crippen LogP contribution >= 0.6 is 11.3 Å². The molecule has 2 rings (SSSR count). The van der Waals surface area contributed by atoms with Gasteiger partial charge in [0.1, 0.15) is 5.75 Å². The fraction of sp³-hybridized carbons (Fsp3) is 0.143. The number of hydrogen-bond acceptors (Lipinski definition) is 5. The number of carbonyl (C=O) groups is 1. The molecule has 102 valence electrons. The summed E-state index contributed by atoms with van der Waals surface area (Å²) >= 11 is 1.23. The average molecular weight is 305 g/mol. The number of sulfone groups is 1. The monoisotopic (exact) mass is 305 g/mol. The molecule has 0 unspecified atom stereocenters. The summed E-state index contributed by atoms with van der Waals surface area (Å²) in [7, 11) is -3.51. The topological polar surface area (TPSA) is 75.0 Å². The van der Waals surface area contributed by atoms with Gasteiger partial charge in [0.05, 0.1) is 22.3 Å². The highest BCUT2D eigenvalue weighted by Crippen LogP contribution is 2.13. The summed E-state index contributed by atoms with van der Waals surface area (Å²) < 4.78 is 24.0. The van der Waals surface area contributed by atoms with E-state index in [1.165, 1.54) is 11.3 Å². The standard InChI is InChI=1S/C14H11NO3S2/c15-8-11-3-5-12(6-4-11)9-20(17,18)10-13(16)14-2-1-7-19-14/h1-7H,9-10H2. The van der Waals surface area contributed by atoms with Crippen molar-refractivity contribution in [2.45, 2.75) is 5.75 Å². The quantitative estimate of drug-likeness (QED) is 0.795. The SMILES string of the molecule is N#Cc1ccc(CS(=O)(=O)CC(=O)c2cccs2)cc1. The van der Waals surface area contributed by atoms with Crippen molar-refractivity contribution >= 4 is 27.0 Å². The first-order chi connectivity index (χ1) is 9.50. The number of nitrogens with zero attached hydrogens (tertiary/aromatic N) is 1. The van der Waals surface area contributed by atoms with Crippen LogP contribution in [0, 0.1) is 11.3 Å². The van der Waals surface area contributed by atoms with E-state index in [-0.39, 0.29) is 11.5 Å². The van der Waals surface area contributed by atoms with Crippen LogP contribution in [0.25, 0.3) is 0 Å². The van der Waals surface area contributed by atoms with Gasteiger partial charge in [0.25, 0.3) is 0 Å². The minimum Gasteiger partial charge on any atom is -0.292 e. The molecule has 0 atom stereocenters. The summed E-state index contributed by atoms with van der Waals surface area (Å²) in [5, 5.41) is 10.4. The molecule has 0 aliphatic carbocycles. The summed E-state index contributed by atoms with van der Waals surface area (Å²) in [6.45, 7) is 0. The molecule has 1 aromatic carbocycles. The maximum Gasteiger partial charge on any atom is 0.187 e. The van der Waals surface area contributed by atoms with Crippen LogP contribution < -0.4 is 0 Å². The Balaban J connectivity index is 2.07. The van der Waals surface area contributed by atoms with E-state index < -0.39 is 15.6 Å². The van der Waals surface area contributed by atoms with Gasteiger partial charge in [-0.15, -0.1) is 11.3 Å². The second kappa shape index (κ2) is 5.99. The van der Waals surface area contributed by atoms with Crippen LogP contribution in [0.2, 0.25) is 0 Å². The van der Waals surface area contributed by atoms with Crippen molar-refractivity contribution in [3.05, 3.63) is 57.8 Å². The maximum atomic E-state index is 12.0. The van der Waals surface area contributed by atoms with E-state index in [0.717, 1.165) is 0 Å². The van der Waals surface area contributed by atoms with Crippen LogP contribution in [0.3, 0.4) is 0 Å². The third-order valence-corrected chi connectivity index (χ3v) is 5.00. The number of ketones is 1. The Kier molecular flexibility index (Phi) is 4.32. The Morgan fingerprint density at radius 1 is 1.20 bits per heavy atom. The van der Waals surface area contributed by atoms with Crippen molar-refractivity contribution in [3.8, 4) is 6.07 Å². The molecule has 0 amide bonds. The van der Waals surface area contributed by atoms with Gasteiger partial charge < -0.3 is 0 Å². The number of carbonyl (C=O) groups excluding carboxylic acids is 1. The zero-order valence-electron chi connectivity index (χ0n) is 10.4. The number of Topliss-reactive ketones (excluding diaryl/α,β-unsaturated/α-hetero) is 1. The van der Waals surface area contributed by atoms with Crippen molar-refractivity contribution < 1.29 is 13.2 Å². The Morgan fingerprint density at radius 2 is 1.90 bits per heavy atom. The maximum absolute atomic E-state index is 12.0. The minimum atomic E-state index is -3.51. The highest BCUT2D eigenvalue weighted by molar-refractivity contribution is 7.91. The Morgan fingerprint density at radius 3 is 2.45 bits per heavy atom. The molecule has 0 radical (unpaired) electrons. The normalized spacial score (nSPS) is 10.9. The molecule has 0 bridgehead atoms. The molecule has 1 heterocycles. The molecule has 0 spiro atoms. The van der Waals surface area contributed by atoms with E-state index in [1.54, 1.807) is 41.8 Å². The summed E-state index contributed by atoms with van der Waals surface area (Å²) in [5.74, 6) is -1.07. The molecule has 0 saturated heterocycles. The van der Waals surface area contributed by atoms with E-state index in [2.05, 4.69) is 0 Å². The summed E-state index contributed by atoms with van der Waals surface area (Å²) in [4.78, 5) is 12.3. The largest absolute Gasteiger partial charge is 0.292 e. The van der Waals surface area contributed by atoms with Crippen LogP contribution in [-0.2, 0) is 15.6 Å². The van der Waals surface area contributed by atoms with Gasteiger partial charge in [0, 0.05) is 0 Å². The predicted molar refractivity (Wildman–Crippen MR) is 77.3 cm³/mol. The third-order valence-electron chi connectivity index (χ3n) is 2.62. The van der Waals surface area contributed by atoms with Crippen molar-refractivity contribution in [2.24, 2.45) is 0 Å². The first kappa shape index (κ1) is 14.4. The molecule has 0 N–H and O–H groups in total. The zero-order valence-corrected chi connectivity index (χ0v) is 12.1. The van der Waals surface area contributed by atoms with Crippen LogP contribution in [0.5, 0.6) is 0 Å². The molecular formula is C14H11NO3S2. The molecule has 0 aliphatic heterocycles. The smallest absolute Gasteiger partial charge is 0.187 e. The predicted octanol–water partition coefficient (Wildman–Crippen LogP) is 2.42. The lowest BCUT2D eigenvalue weighted by Gasteiger charge is -2.03. The second-order valence-electron chi connectivity index (χ2n) is 4.24. The van der Waals surface area contributed by atoms with E-state index in [1.807, 2.05) is 6.07 Å². The van der Waals surface area contributed by atoms with Crippen LogP contribution in [-0.4, -0.2) is 20.0 Å². The minimum absolute atomic E-state index is 0.199. The van der Waals surface area contributed by atoms with Gasteiger partial charge >= 0.3 is 0 Å². The molecule has 0 fully saturated rings. The van der Waals surface area contributed by atoms with Gasteiger partial charge in [-0.1, -0.05) is 18.2 Å². The van der Waals surface area contributed by atoms with Gasteiger partial charge in [0.15, 0.2) is 15.6 Å². The molecule has 6 heteroatoms. The highest BCUT2D eigenvalue weighted by atomic mass is 32.2. The fourth-order valence-corrected chi connectivity index (χ4v) is 3.80. The fourth-order valence-electron chi connectivity index (χ4n) is 1.69. The van der Waals surface area contributed by atoms with Gasteiger partial charge in [0.2, 0.25) is 0 Å². The van der Waals surface area contributed by atoms with Crippen molar-refractivity contribution in [1.82, 2.24) is 0 Å². The number of hydrogen-bond donors (Lipinski definition) is 0. The molecule has 2 aromatic rings. The van der Waals surface area contributed by atoms with Crippen LogP contribution in [0.15, 0.2) is 41.8 Å². The van der Waals surface area contributed by atoms with E-state index in [0.29, 0.717) is 16.0 Å². The van der Waals surface area contributed by atoms with E-state index >= 15 is 0 Å². The lowest BCUT2D eigenvalue weighted by atomic mass is 10.2. The third kappa shape index (κ3) is 3.76. The van der Waals surface area contributed by atoms with Gasteiger partial charge in [-0.05, 0) is 29.1 Å². The number of thiophene rings is 1. The summed E-state index contributed by atoms with van der Waals surface area (Å²) in [5.41, 5.74) is 1.05. The second-order valence-corrected chi connectivity index (χ2v) is 7.25. The Hall–Kier alpha value is -1.97. The van der Waals surface area contributed by atoms with Gasteiger partial charge in [-0.3, -0.25) is 4.79 Å². The molecule has 4 nitrogen and oxygen atoms in total. The number of nitriles is 1. The van der Waals surface area contributed by atoms with Crippen LogP contribution in [0.1, 0.15) is 20.8 Å². The summed E-state index contributed by atoms with van der Waals surface area (Å²) in [6.07, 6.45) is 0. The van der Waals surface area contributed by atoms with Crippen molar-refractivity contribution in [3.63, 3.8) is 0 Å². The highest BCUT2D eigenvalue weighted by Gasteiger charge is 2.19. The average Bonchev–Trinajstić information content (AvgIpc) is 2.92. The van der Waals surface area contributed by atoms with E-state index in [4.69, 9.17) is 5.26 Å². The van der Waals surface area contributed by atoms with Crippen LogP contribution in [0.4, 0.5) is 0 Å². The van der Waals surface area contributed by atoms with Gasteiger partial charge in [-0.25, -0.2) is 8.42 Å². The van der Waals surface area contributed by atoms with Crippen molar-refractivity contribution in [1.29, 1.82) is 5.26 Å². The van der Waals surface area contributed by atoms with Gasteiger partial charge in [-0.2, -0.15) is 5.26 Å².